The second kappa shape index (κ2) is 5.54. The van der Waals surface area contributed by atoms with Gasteiger partial charge in [0, 0.05) is 5.69 Å². The lowest BCUT2D eigenvalue weighted by Gasteiger charge is -2.12. The molecule has 0 fully saturated rings. The van der Waals surface area contributed by atoms with Crippen LogP contribution in [0.4, 0.5) is 0 Å². The number of rotatable bonds is 4. The van der Waals surface area contributed by atoms with E-state index in [4.69, 9.17) is 15.9 Å². The van der Waals surface area contributed by atoms with E-state index in [1.54, 1.807) is 12.1 Å². The van der Waals surface area contributed by atoms with E-state index in [0.29, 0.717) is 17.2 Å². The van der Waals surface area contributed by atoms with Gasteiger partial charge < -0.3 is 15.6 Å². The minimum atomic E-state index is -0.0505. The molecule has 0 saturated heterocycles. The monoisotopic (exact) mass is 283 g/mol. The summed E-state index contributed by atoms with van der Waals surface area (Å²) in [4.78, 5) is 4.52. The Labute approximate surface area is 122 Å². The fraction of sp³-hybridized carbons (Fsp3) is 0.250. The fourth-order valence-corrected chi connectivity index (χ4v) is 2.54. The number of aromatic nitrogens is 1. The van der Waals surface area contributed by atoms with Crippen LogP contribution in [0.5, 0.6) is 11.6 Å². The molecule has 0 spiro atoms. The van der Waals surface area contributed by atoms with Crippen molar-refractivity contribution in [1.82, 2.24) is 4.98 Å². The number of benzene rings is 1. The van der Waals surface area contributed by atoms with Crippen LogP contribution in [0.15, 0.2) is 30.3 Å². The van der Waals surface area contributed by atoms with Crippen molar-refractivity contribution in [3.63, 3.8) is 0 Å². The molecule has 1 aromatic heterocycles. The van der Waals surface area contributed by atoms with Crippen molar-refractivity contribution in [3.8, 4) is 11.6 Å². The van der Waals surface area contributed by atoms with Gasteiger partial charge in [-0.3, -0.25) is 5.41 Å². The number of hydrogen-bond acceptors (Lipinski definition) is 4. The van der Waals surface area contributed by atoms with Crippen LogP contribution in [0.3, 0.4) is 0 Å². The van der Waals surface area contributed by atoms with Gasteiger partial charge in [0.05, 0.1) is 12.2 Å². The molecule has 0 radical (unpaired) electrons. The fourth-order valence-electron chi connectivity index (χ4n) is 2.54. The third-order valence-corrected chi connectivity index (χ3v) is 3.60. The Morgan fingerprint density at radius 1 is 1.33 bits per heavy atom. The number of aliphatic hydroxyl groups excluding tert-OH is 1. The van der Waals surface area contributed by atoms with Gasteiger partial charge in [-0.15, -0.1) is 0 Å². The molecular weight excluding hydrogens is 266 g/mol. The van der Waals surface area contributed by atoms with Gasteiger partial charge in [-0.05, 0) is 48.6 Å². The summed E-state index contributed by atoms with van der Waals surface area (Å²) < 4.78 is 5.80. The maximum Gasteiger partial charge on any atom is 0.230 e. The second-order valence-electron chi connectivity index (χ2n) is 5.12. The maximum atomic E-state index is 9.17. The number of nitrogen functional groups attached to an aromatic ring is 1. The Morgan fingerprint density at radius 3 is 2.95 bits per heavy atom. The normalized spacial score (nSPS) is 13.0. The standard InChI is InChI=1S/C16H17N3O2/c17-15(18)13-8-11-4-2-6-14(11)19-16(13)21-12-5-1-3-10(7-12)9-20/h1,3,5,7-8,20H,2,4,6,9H2,(H3,17,18). The Hall–Kier alpha value is -2.40. The van der Waals surface area contributed by atoms with Crippen molar-refractivity contribution in [2.45, 2.75) is 25.9 Å². The van der Waals surface area contributed by atoms with Gasteiger partial charge in [-0.2, -0.15) is 0 Å². The predicted molar refractivity (Wildman–Crippen MR) is 79.7 cm³/mol. The van der Waals surface area contributed by atoms with Gasteiger partial charge in [-0.1, -0.05) is 12.1 Å². The van der Waals surface area contributed by atoms with Gasteiger partial charge in [-0.25, -0.2) is 4.98 Å². The van der Waals surface area contributed by atoms with Crippen LogP contribution in [0.2, 0.25) is 0 Å². The molecule has 0 amide bonds. The lowest BCUT2D eigenvalue weighted by molar-refractivity contribution is 0.281. The van der Waals surface area contributed by atoms with Gasteiger partial charge in [0.1, 0.15) is 11.6 Å². The van der Waals surface area contributed by atoms with Gasteiger partial charge in [0.15, 0.2) is 0 Å². The molecule has 1 aliphatic rings. The first-order chi connectivity index (χ1) is 10.2. The largest absolute Gasteiger partial charge is 0.438 e. The maximum absolute atomic E-state index is 9.17. The number of hydrogen-bond donors (Lipinski definition) is 3. The van der Waals surface area contributed by atoms with Gasteiger partial charge in [0.2, 0.25) is 5.88 Å². The molecule has 3 rings (SSSR count). The Balaban J connectivity index is 1.99. The minimum Gasteiger partial charge on any atom is -0.438 e. The number of nitrogens with zero attached hydrogens (tertiary/aromatic N) is 1. The molecule has 21 heavy (non-hydrogen) atoms. The zero-order chi connectivity index (χ0) is 14.8. The molecule has 1 heterocycles. The van der Waals surface area contributed by atoms with E-state index in [-0.39, 0.29) is 12.4 Å². The van der Waals surface area contributed by atoms with Crippen LogP contribution in [0.1, 0.15) is 28.8 Å². The molecule has 1 aromatic carbocycles. The van der Waals surface area contributed by atoms with E-state index in [1.165, 1.54) is 0 Å². The Kier molecular flexibility index (Phi) is 3.58. The smallest absolute Gasteiger partial charge is 0.230 e. The highest BCUT2D eigenvalue weighted by Crippen LogP contribution is 2.29. The van der Waals surface area contributed by atoms with Crippen LogP contribution in [0, 0.1) is 5.41 Å². The molecule has 0 unspecified atom stereocenters. The molecule has 1 aliphatic carbocycles. The summed E-state index contributed by atoms with van der Waals surface area (Å²) in [5, 5.41) is 16.9. The second-order valence-corrected chi connectivity index (χ2v) is 5.12. The lowest BCUT2D eigenvalue weighted by atomic mass is 10.1. The van der Waals surface area contributed by atoms with Crippen LogP contribution >= 0.6 is 0 Å². The SMILES string of the molecule is N=C(N)c1cc2c(nc1Oc1cccc(CO)c1)CCC2. The molecule has 0 atom stereocenters. The first kappa shape index (κ1) is 13.6. The van der Waals surface area contributed by atoms with Crippen LogP contribution < -0.4 is 10.5 Å². The average Bonchev–Trinajstić information content (AvgIpc) is 2.93. The summed E-state index contributed by atoms with van der Waals surface area (Å²) in [5.41, 5.74) is 9.09. The van der Waals surface area contributed by atoms with Crippen molar-refractivity contribution >= 4 is 5.84 Å². The Morgan fingerprint density at radius 2 is 2.19 bits per heavy atom. The van der Waals surface area contributed by atoms with E-state index >= 15 is 0 Å². The molecule has 0 saturated carbocycles. The molecule has 0 bridgehead atoms. The number of pyridine rings is 1. The summed E-state index contributed by atoms with van der Waals surface area (Å²) in [6.45, 7) is -0.0472. The number of ether oxygens (including phenoxy) is 1. The summed E-state index contributed by atoms with van der Waals surface area (Å²) in [6, 6.07) is 9.07. The molecule has 5 heteroatoms. The highest BCUT2D eigenvalue weighted by Gasteiger charge is 2.19. The summed E-state index contributed by atoms with van der Waals surface area (Å²) in [6.07, 6.45) is 2.98. The molecule has 5 nitrogen and oxygen atoms in total. The molecular formula is C16H17N3O2. The number of nitrogens with one attached hydrogen (secondary N) is 1. The predicted octanol–water partition coefficient (Wildman–Crippen LogP) is 2.14. The van der Waals surface area contributed by atoms with Gasteiger partial charge >= 0.3 is 0 Å². The van der Waals surface area contributed by atoms with Crippen LogP contribution in [-0.2, 0) is 19.4 Å². The number of fused-ring (bicyclic) bond motifs is 1. The number of nitrogens with two attached hydrogens (primary N) is 1. The Bertz CT molecular complexity index is 698. The first-order valence-electron chi connectivity index (χ1n) is 6.92. The van der Waals surface area contributed by atoms with E-state index in [2.05, 4.69) is 4.98 Å². The van der Waals surface area contributed by atoms with Crippen molar-refractivity contribution in [2.24, 2.45) is 5.73 Å². The van der Waals surface area contributed by atoms with E-state index in [9.17, 15) is 5.11 Å². The number of amidine groups is 1. The summed E-state index contributed by atoms with van der Waals surface area (Å²) in [5.74, 6) is 0.887. The van der Waals surface area contributed by atoms with Crippen molar-refractivity contribution in [2.75, 3.05) is 0 Å². The van der Waals surface area contributed by atoms with Crippen molar-refractivity contribution in [3.05, 3.63) is 52.7 Å². The van der Waals surface area contributed by atoms with Gasteiger partial charge in [0.25, 0.3) is 0 Å². The quantitative estimate of drug-likeness (QED) is 0.592. The minimum absolute atomic E-state index is 0.0472. The topological polar surface area (TPSA) is 92.2 Å². The van der Waals surface area contributed by atoms with Crippen LogP contribution in [0.25, 0.3) is 0 Å². The number of aliphatic hydroxyl groups is 1. The van der Waals surface area contributed by atoms with E-state index in [1.807, 2.05) is 18.2 Å². The van der Waals surface area contributed by atoms with Crippen LogP contribution in [-0.4, -0.2) is 15.9 Å². The molecule has 0 aliphatic heterocycles. The summed E-state index contributed by atoms with van der Waals surface area (Å²) in [7, 11) is 0. The third-order valence-electron chi connectivity index (χ3n) is 3.60. The number of aryl methyl sites for hydroxylation is 2. The van der Waals surface area contributed by atoms with E-state index in [0.717, 1.165) is 36.1 Å². The highest BCUT2D eigenvalue weighted by atomic mass is 16.5. The van der Waals surface area contributed by atoms with Crippen molar-refractivity contribution < 1.29 is 9.84 Å². The lowest BCUT2D eigenvalue weighted by Crippen LogP contribution is -2.14. The summed E-state index contributed by atoms with van der Waals surface area (Å²) >= 11 is 0. The molecule has 108 valence electrons. The first-order valence-corrected chi connectivity index (χ1v) is 6.92. The highest BCUT2D eigenvalue weighted by molar-refractivity contribution is 5.97. The zero-order valence-corrected chi connectivity index (χ0v) is 11.6. The molecule has 4 N–H and O–H groups in total. The van der Waals surface area contributed by atoms with E-state index < -0.39 is 0 Å². The molecule has 2 aromatic rings. The zero-order valence-electron chi connectivity index (χ0n) is 11.6. The average molecular weight is 283 g/mol. The third kappa shape index (κ3) is 2.73. The van der Waals surface area contributed by atoms with Crippen molar-refractivity contribution in [1.29, 1.82) is 5.41 Å².